The van der Waals surface area contributed by atoms with Gasteiger partial charge in [-0.25, -0.2) is 0 Å². The molecule has 1 aromatic heterocycles. The molecule has 0 radical (unpaired) electrons. The number of pyridine rings is 1. The number of fused-ring (bicyclic) bond motifs is 1. The number of anilines is 1. The molecule has 0 N–H and O–H groups in total. The van der Waals surface area contributed by atoms with Gasteiger partial charge in [-0.3, -0.25) is 9.36 Å². The summed E-state index contributed by atoms with van der Waals surface area (Å²) in [5.41, 5.74) is 5.09. The number of hydrogen-bond donors (Lipinski definition) is 0. The van der Waals surface area contributed by atoms with E-state index in [1.165, 1.54) is 0 Å². The van der Waals surface area contributed by atoms with Crippen molar-refractivity contribution >= 4 is 16.5 Å². The van der Waals surface area contributed by atoms with Gasteiger partial charge in [0.05, 0.1) is 5.39 Å². The molecule has 0 fully saturated rings. The Bertz CT molecular complexity index is 1190. The zero-order chi connectivity index (χ0) is 19.7. The normalized spacial score (nSPS) is 11.0. The van der Waals surface area contributed by atoms with E-state index in [4.69, 9.17) is 0 Å². The lowest BCUT2D eigenvalue weighted by Crippen LogP contribution is -2.22. The minimum atomic E-state index is 0.0337. The molecule has 0 unspecified atom stereocenters. The van der Waals surface area contributed by atoms with E-state index in [2.05, 4.69) is 36.1 Å². The first-order valence-corrected chi connectivity index (χ1v) is 9.61. The minimum Gasteiger partial charge on any atom is -0.378 e. The molecule has 28 heavy (non-hydrogen) atoms. The van der Waals surface area contributed by atoms with E-state index in [1.54, 1.807) is 0 Å². The Morgan fingerprint density at radius 1 is 0.857 bits per heavy atom. The van der Waals surface area contributed by atoms with Crippen molar-refractivity contribution in [1.29, 1.82) is 0 Å². The molecule has 0 aliphatic rings. The number of para-hydroxylation sites is 1. The van der Waals surface area contributed by atoms with Crippen LogP contribution in [0.2, 0.25) is 0 Å². The highest BCUT2D eigenvalue weighted by atomic mass is 16.1. The molecule has 1 heterocycles. The van der Waals surface area contributed by atoms with Gasteiger partial charge in [-0.1, -0.05) is 55.5 Å². The number of aryl methyl sites for hydroxylation is 1. The van der Waals surface area contributed by atoms with Crippen molar-refractivity contribution in [3.8, 4) is 16.8 Å². The summed E-state index contributed by atoms with van der Waals surface area (Å²) in [7, 11) is 4.05. The van der Waals surface area contributed by atoms with Gasteiger partial charge < -0.3 is 4.90 Å². The standard InChI is InChI=1S/C25H24N2O/c1-4-20-17-19-11-9-15-23(18-10-8-14-22(16-18)26(2)3)24(19)25(28)27(20)21-12-6-5-7-13-21/h5-17H,4H2,1-3H3. The van der Waals surface area contributed by atoms with Gasteiger partial charge in [0, 0.05) is 31.2 Å². The second-order valence-electron chi connectivity index (χ2n) is 7.18. The van der Waals surface area contributed by atoms with Gasteiger partial charge in [-0.2, -0.15) is 0 Å². The predicted molar refractivity (Wildman–Crippen MR) is 119 cm³/mol. The first kappa shape index (κ1) is 18.1. The van der Waals surface area contributed by atoms with E-state index in [9.17, 15) is 4.79 Å². The van der Waals surface area contributed by atoms with Crippen LogP contribution in [-0.4, -0.2) is 18.7 Å². The van der Waals surface area contributed by atoms with Gasteiger partial charge in [0.15, 0.2) is 0 Å². The van der Waals surface area contributed by atoms with Crippen LogP contribution in [-0.2, 0) is 6.42 Å². The molecular weight excluding hydrogens is 344 g/mol. The molecule has 0 saturated heterocycles. The van der Waals surface area contributed by atoms with Crippen molar-refractivity contribution in [1.82, 2.24) is 4.57 Å². The molecule has 0 atom stereocenters. The van der Waals surface area contributed by atoms with Crippen molar-refractivity contribution in [2.75, 3.05) is 19.0 Å². The summed E-state index contributed by atoms with van der Waals surface area (Å²) in [6.45, 7) is 2.09. The maximum Gasteiger partial charge on any atom is 0.263 e. The topological polar surface area (TPSA) is 25.2 Å². The summed E-state index contributed by atoms with van der Waals surface area (Å²) in [6, 6.07) is 26.5. The summed E-state index contributed by atoms with van der Waals surface area (Å²) < 4.78 is 1.85. The molecule has 0 bridgehead atoms. The maximum absolute atomic E-state index is 13.7. The Morgan fingerprint density at radius 2 is 1.61 bits per heavy atom. The number of hydrogen-bond acceptors (Lipinski definition) is 2. The van der Waals surface area contributed by atoms with E-state index in [-0.39, 0.29) is 5.56 Å². The van der Waals surface area contributed by atoms with Crippen LogP contribution in [0.1, 0.15) is 12.6 Å². The Kier molecular flexibility index (Phi) is 4.74. The van der Waals surface area contributed by atoms with Crippen LogP contribution in [0.4, 0.5) is 5.69 Å². The minimum absolute atomic E-state index is 0.0337. The van der Waals surface area contributed by atoms with E-state index in [0.717, 1.165) is 45.4 Å². The van der Waals surface area contributed by atoms with Gasteiger partial charge in [0.2, 0.25) is 0 Å². The van der Waals surface area contributed by atoms with Crippen LogP contribution < -0.4 is 10.5 Å². The van der Waals surface area contributed by atoms with E-state index >= 15 is 0 Å². The molecule has 3 nitrogen and oxygen atoms in total. The van der Waals surface area contributed by atoms with Gasteiger partial charge in [-0.05, 0) is 53.3 Å². The number of nitrogens with zero attached hydrogens (tertiary/aromatic N) is 2. The molecule has 0 aliphatic carbocycles. The third kappa shape index (κ3) is 3.09. The second kappa shape index (κ2) is 7.35. The quantitative estimate of drug-likeness (QED) is 0.489. The number of benzene rings is 3. The number of rotatable bonds is 4. The Balaban J connectivity index is 2.05. The Hall–Kier alpha value is -3.33. The molecule has 4 rings (SSSR count). The summed E-state index contributed by atoms with van der Waals surface area (Å²) in [6.07, 6.45) is 0.792. The van der Waals surface area contributed by atoms with Crippen LogP contribution in [0.3, 0.4) is 0 Å². The zero-order valence-electron chi connectivity index (χ0n) is 16.5. The van der Waals surface area contributed by atoms with Crippen molar-refractivity contribution < 1.29 is 0 Å². The molecule has 0 amide bonds. The van der Waals surface area contributed by atoms with E-state index < -0.39 is 0 Å². The van der Waals surface area contributed by atoms with E-state index in [1.807, 2.05) is 73.3 Å². The van der Waals surface area contributed by atoms with Crippen LogP contribution in [0, 0.1) is 0 Å². The Morgan fingerprint density at radius 3 is 2.32 bits per heavy atom. The zero-order valence-corrected chi connectivity index (χ0v) is 16.5. The van der Waals surface area contributed by atoms with Gasteiger partial charge in [0.25, 0.3) is 5.56 Å². The van der Waals surface area contributed by atoms with Crippen molar-refractivity contribution in [2.45, 2.75) is 13.3 Å². The average molecular weight is 368 g/mol. The third-order valence-electron chi connectivity index (χ3n) is 5.17. The highest BCUT2D eigenvalue weighted by Crippen LogP contribution is 2.30. The molecule has 4 aromatic rings. The van der Waals surface area contributed by atoms with Crippen LogP contribution >= 0.6 is 0 Å². The lowest BCUT2D eigenvalue weighted by molar-refractivity contribution is 0.889. The van der Waals surface area contributed by atoms with Crippen LogP contribution in [0.25, 0.3) is 27.6 Å². The molecule has 0 aliphatic heterocycles. The van der Waals surface area contributed by atoms with Gasteiger partial charge in [-0.15, -0.1) is 0 Å². The summed E-state index contributed by atoms with van der Waals surface area (Å²) in [4.78, 5) is 15.7. The summed E-state index contributed by atoms with van der Waals surface area (Å²) >= 11 is 0. The number of aromatic nitrogens is 1. The largest absolute Gasteiger partial charge is 0.378 e. The van der Waals surface area contributed by atoms with Gasteiger partial charge in [0.1, 0.15) is 0 Å². The maximum atomic E-state index is 13.7. The lowest BCUT2D eigenvalue weighted by atomic mass is 9.98. The molecule has 140 valence electrons. The van der Waals surface area contributed by atoms with Gasteiger partial charge >= 0.3 is 0 Å². The van der Waals surface area contributed by atoms with Crippen molar-refractivity contribution in [2.24, 2.45) is 0 Å². The molecule has 0 saturated carbocycles. The van der Waals surface area contributed by atoms with Crippen LogP contribution in [0.15, 0.2) is 83.7 Å². The fourth-order valence-corrected chi connectivity index (χ4v) is 3.73. The predicted octanol–water partition coefficient (Wildman–Crippen LogP) is 5.29. The fraction of sp³-hybridized carbons (Fsp3) is 0.160. The molecular formula is C25H24N2O. The first-order chi connectivity index (χ1) is 13.6. The van der Waals surface area contributed by atoms with E-state index in [0.29, 0.717) is 0 Å². The molecule has 0 spiro atoms. The average Bonchev–Trinajstić information content (AvgIpc) is 2.73. The monoisotopic (exact) mass is 368 g/mol. The SMILES string of the molecule is CCc1cc2cccc(-c3cccc(N(C)C)c3)c2c(=O)n1-c1ccccc1. The molecule has 3 aromatic carbocycles. The second-order valence-corrected chi connectivity index (χ2v) is 7.18. The highest BCUT2D eigenvalue weighted by Gasteiger charge is 2.14. The lowest BCUT2D eigenvalue weighted by Gasteiger charge is -2.17. The first-order valence-electron chi connectivity index (χ1n) is 9.61. The highest BCUT2D eigenvalue weighted by molar-refractivity contribution is 5.97. The summed E-state index contributed by atoms with van der Waals surface area (Å²) in [5.74, 6) is 0. The van der Waals surface area contributed by atoms with Crippen molar-refractivity contribution in [3.63, 3.8) is 0 Å². The Labute approximate surface area is 165 Å². The summed E-state index contributed by atoms with van der Waals surface area (Å²) in [5, 5.41) is 1.75. The third-order valence-corrected chi connectivity index (χ3v) is 5.17. The molecule has 3 heteroatoms. The van der Waals surface area contributed by atoms with Crippen LogP contribution in [0.5, 0.6) is 0 Å². The smallest absolute Gasteiger partial charge is 0.263 e. The fourth-order valence-electron chi connectivity index (χ4n) is 3.73. The van der Waals surface area contributed by atoms with Crippen molar-refractivity contribution in [3.05, 3.63) is 94.9 Å².